The zero-order valence-corrected chi connectivity index (χ0v) is 10.6. The van der Waals surface area contributed by atoms with Crippen LogP contribution in [0.5, 0.6) is 0 Å². The fourth-order valence-corrected chi connectivity index (χ4v) is 2.15. The second-order valence-electron chi connectivity index (χ2n) is 4.28. The first-order valence-electron chi connectivity index (χ1n) is 5.81. The van der Waals surface area contributed by atoms with Crippen LogP contribution in [-0.4, -0.2) is 24.2 Å². The number of anilines is 1. The summed E-state index contributed by atoms with van der Waals surface area (Å²) in [5.74, 6) is -0.772. The molecule has 0 aromatic heterocycles. The normalized spacial score (nSPS) is 15.2. The molecule has 0 atom stereocenters. The largest absolute Gasteiger partial charge is 0.481 e. The number of halogens is 1. The molecule has 1 heterocycles. The fraction of sp³-hybridized carbons (Fsp3) is 0.462. The van der Waals surface area contributed by atoms with Crippen molar-refractivity contribution in [1.29, 1.82) is 0 Å². The van der Waals surface area contributed by atoms with Crippen LogP contribution in [0.2, 0.25) is 0 Å². The fourth-order valence-electron chi connectivity index (χ4n) is 2.15. The standard InChI is InChI=1S/C13H17NO2.ClH/c15-13(16)10-11-4-6-12(7-5-11)14-8-2-1-3-9-14;/h4-7H,1-3,8-10H2,(H,15,16);1H. The van der Waals surface area contributed by atoms with Crippen molar-refractivity contribution in [3.8, 4) is 0 Å². The average Bonchev–Trinajstić information content (AvgIpc) is 2.30. The van der Waals surface area contributed by atoms with Gasteiger partial charge < -0.3 is 10.0 Å². The summed E-state index contributed by atoms with van der Waals surface area (Å²) >= 11 is 0. The number of aliphatic carboxylic acids is 1. The SMILES string of the molecule is Cl.O=C(O)Cc1ccc(N2CCCCC2)cc1. The lowest BCUT2D eigenvalue weighted by atomic mass is 10.1. The molecule has 0 amide bonds. The molecule has 0 bridgehead atoms. The highest BCUT2D eigenvalue weighted by Crippen LogP contribution is 2.20. The van der Waals surface area contributed by atoms with E-state index in [1.807, 2.05) is 24.3 Å². The molecule has 0 aliphatic carbocycles. The monoisotopic (exact) mass is 255 g/mol. The number of piperidine rings is 1. The Hall–Kier alpha value is -1.22. The van der Waals surface area contributed by atoms with Crippen molar-refractivity contribution in [3.63, 3.8) is 0 Å². The minimum Gasteiger partial charge on any atom is -0.481 e. The van der Waals surface area contributed by atoms with Crippen molar-refractivity contribution >= 4 is 24.1 Å². The van der Waals surface area contributed by atoms with Crippen LogP contribution >= 0.6 is 12.4 Å². The molecule has 1 aromatic rings. The number of carboxylic acids is 1. The first-order valence-corrected chi connectivity index (χ1v) is 5.81. The number of hydrogen-bond donors (Lipinski definition) is 1. The number of carboxylic acid groups (broad SMARTS) is 1. The van der Waals surface area contributed by atoms with E-state index in [2.05, 4.69) is 4.90 Å². The van der Waals surface area contributed by atoms with Crippen molar-refractivity contribution in [2.45, 2.75) is 25.7 Å². The first-order chi connectivity index (χ1) is 7.75. The van der Waals surface area contributed by atoms with E-state index < -0.39 is 5.97 Å². The van der Waals surface area contributed by atoms with Crippen LogP contribution in [-0.2, 0) is 11.2 Å². The van der Waals surface area contributed by atoms with Crippen LogP contribution in [0.3, 0.4) is 0 Å². The first kappa shape index (κ1) is 13.8. The second-order valence-corrected chi connectivity index (χ2v) is 4.28. The summed E-state index contributed by atoms with van der Waals surface area (Å²) in [7, 11) is 0. The van der Waals surface area contributed by atoms with E-state index in [1.165, 1.54) is 24.9 Å². The van der Waals surface area contributed by atoms with Gasteiger partial charge >= 0.3 is 5.97 Å². The van der Waals surface area contributed by atoms with Gasteiger partial charge in [0.2, 0.25) is 0 Å². The summed E-state index contributed by atoms with van der Waals surface area (Å²) in [5, 5.41) is 8.67. The maximum absolute atomic E-state index is 10.5. The molecule has 2 rings (SSSR count). The minimum atomic E-state index is -0.772. The van der Waals surface area contributed by atoms with E-state index in [-0.39, 0.29) is 18.8 Å². The van der Waals surface area contributed by atoms with Gasteiger partial charge in [-0.15, -0.1) is 12.4 Å². The van der Waals surface area contributed by atoms with Gasteiger partial charge in [-0.1, -0.05) is 12.1 Å². The Kier molecular flexibility index (Phi) is 5.29. The zero-order chi connectivity index (χ0) is 11.4. The third kappa shape index (κ3) is 3.93. The predicted octanol–water partition coefficient (Wildman–Crippen LogP) is 2.73. The summed E-state index contributed by atoms with van der Waals surface area (Å²) < 4.78 is 0. The lowest BCUT2D eigenvalue weighted by Gasteiger charge is -2.28. The van der Waals surface area contributed by atoms with Crippen LogP contribution in [0.4, 0.5) is 5.69 Å². The van der Waals surface area contributed by atoms with Gasteiger partial charge in [-0.2, -0.15) is 0 Å². The smallest absolute Gasteiger partial charge is 0.307 e. The van der Waals surface area contributed by atoms with E-state index in [9.17, 15) is 4.79 Å². The van der Waals surface area contributed by atoms with Gasteiger partial charge in [0, 0.05) is 18.8 Å². The molecule has 0 saturated carbocycles. The maximum atomic E-state index is 10.5. The lowest BCUT2D eigenvalue weighted by Crippen LogP contribution is -2.29. The number of benzene rings is 1. The molecule has 17 heavy (non-hydrogen) atoms. The third-order valence-corrected chi connectivity index (χ3v) is 3.01. The molecule has 0 spiro atoms. The van der Waals surface area contributed by atoms with Crippen LogP contribution in [0, 0.1) is 0 Å². The van der Waals surface area contributed by atoms with Crippen molar-refractivity contribution in [2.24, 2.45) is 0 Å². The van der Waals surface area contributed by atoms with E-state index in [1.54, 1.807) is 0 Å². The molecule has 1 fully saturated rings. The van der Waals surface area contributed by atoms with Gasteiger partial charge in [0.25, 0.3) is 0 Å². The summed E-state index contributed by atoms with van der Waals surface area (Å²) in [4.78, 5) is 12.9. The number of rotatable bonds is 3. The van der Waals surface area contributed by atoms with Gasteiger partial charge in [0.1, 0.15) is 0 Å². The summed E-state index contributed by atoms with van der Waals surface area (Å²) in [5.41, 5.74) is 2.09. The Morgan fingerprint density at radius 2 is 1.71 bits per heavy atom. The zero-order valence-electron chi connectivity index (χ0n) is 9.76. The van der Waals surface area contributed by atoms with Crippen LogP contribution in [0.25, 0.3) is 0 Å². The van der Waals surface area contributed by atoms with Crippen molar-refractivity contribution in [1.82, 2.24) is 0 Å². The molecule has 1 N–H and O–H groups in total. The van der Waals surface area contributed by atoms with Crippen molar-refractivity contribution < 1.29 is 9.90 Å². The molecule has 94 valence electrons. The molecule has 1 saturated heterocycles. The van der Waals surface area contributed by atoms with Crippen LogP contribution < -0.4 is 4.90 Å². The molecular weight excluding hydrogens is 238 g/mol. The molecule has 0 radical (unpaired) electrons. The van der Waals surface area contributed by atoms with E-state index in [4.69, 9.17) is 5.11 Å². The minimum absolute atomic E-state index is 0. The lowest BCUT2D eigenvalue weighted by molar-refractivity contribution is -0.136. The van der Waals surface area contributed by atoms with Crippen LogP contribution in [0.1, 0.15) is 24.8 Å². The Labute approximate surface area is 108 Å². The molecule has 4 heteroatoms. The average molecular weight is 256 g/mol. The van der Waals surface area contributed by atoms with E-state index in [0.717, 1.165) is 18.7 Å². The summed E-state index contributed by atoms with van der Waals surface area (Å²) in [6.07, 6.45) is 3.96. The maximum Gasteiger partial charge on any atom is 0.307 e. The van der Waals surface area contributed by atoms with Crippen LogP contribution in [0.15, 0.2) is 24.3 Å². The highest BCUT2D eigenvalue weighted by molar-refractivity contribution is 5.85. The van der Waals surface area contributed by atoms with Gasteiger partial charge in [-0.25, -0.2) is 0 Å². The molecular formula is C13H18ClNO2. The van der Waals surface area contributed by atoms with Crippen molar-refractivity contribution in [3.05, 3.63) is 29.8 Å². The predicted molar refractivity (Wildman–Crippen MR) is 71.1 cm³/mol. The molecule has 1 aliphatic heterocycles. The Bertz CT molecular complexity index is 358. The number of hydrogen-bond acceptors (Lipinski definition) is 2. The third-order valence-electron chi connectivity index (χ3n) is 3.01. The number of nitrogens with zero attached hydrogens (tertiary/aromatic N) is 1. The second kappa shape index (κ2) is 6.50. The van der Waals surface area contributed by atoms with Gasteiger partial charge in [0.05, 0.1) is 6.42 Å². The molecule has 1 aromatic carbocycles. The molecule has 1 aliphatic rings. The quantitative estimate of drug-likeness (QED) is 0.903. The molecule has 3 nitrogen and oxygen atoms in total. The van der Waals surface area contributed by atoms with E-state index in [0.29, 0.717) is 0 Å². The highest BCUT2D eigenvalue weighted by atomic mass is 35.5. The number of carbonyl (C=O) groups is 1. The topological polar surface area (TPSA) is 40.5 Å². The van der Waals surface area contributed by atoms with Crippen molar-refractivity contribution in [2.75, 3.05) is 18.0 Å². The Balaban J connectivity index is 0.00000144. The Morgan fingerprint density at radius 1 is 1.12 bits per heavy atom. The Morgan fingerprint density at radius 3 is 2.24 bits per heavy atom. The van der Waals surface area contributed by atoms with Gasteiger partial charge in [0.15, 0.2) is 0 Å². The van der Waals surface area contributed by atoms with E-state index >= 15 is 0 Å². The van der Waals surface area contributed by atoms with Gasteiger partial charge in [-0.05, 0) is 37.0 Å². The highest BCUT2D eigenvalue weighted by Gasteiger charge is 2.10. The summed E-state index contributed by atoms with van der Waals surface area (Å²) in [6, 6.07) is 7.89. The molecule has 0 unspecified atom stereocenters. The van der Waals surface area contributed by atoms with Gasteiger partial charge in [-0.3, -0.25) is 4.79 Å². The summed E-state index contributed by atoms with van der Waals surface area (Å²) in [6.45, 7) is 2.25.